The summed E-state index contributed by atoms with van der Waals surface area (Å²) in [4.78, 5) is 4.91. The quantitative estimate of drug-likeness (QED) is 0.470. The Hall–Kier alpha value is -0.160. The molecule has 74 valence electrons. The Labute approximate surface area is 74.8 Å². The van der Waals surface area contributed by atoms with Gasteiger partial charge in [0.1, 0.15) is 6.73 Å². The normalized spacial score (nSPS) is 12.5. The zero-order valence-corrected chi connectivity index (χ0v) is 8.68. The van der Waals surface area contributed by atoms with Gasteiger partial charge in [-0.1, -0.05) is 0 Å². The minimum Gasteiger partial charge on any atom is -0.357 e. The Bertz CT molecular complexity index is 118. The third kappa shape index (κ3) is 5.49. The molecule has 0 rings (SSSR count). The molecule has 0 unspecified atom stereocenters. The maximum Gasteiger partial charge on any atom is 0.122 e. The molecule has 0 radical (unpaired) electrons. The fourth-order valence-electron chi connectivity index (χ4n) is 0.795. The molecule has 0 amide bonds. The Morgan fingerprint density at radius 2 is 2.00 bits per heavy atom. The third-order valence-corrected chi connectivity index (χ3v) is 1.55. The molecular formula is C8H20N2O2. The summed E-state index contributed by atoms with van der Waals surface area (Å²) in [6, 6.07) is 0. The summed E-state index contributed by atoms with van der Waals surface area (Å²) < 4.78 is 5.56. The molecule has 1 N–H and O–H groups in total. The van der Waals surface area contributed by atoms with E-state index in [0.717, 1.165) is 6.54 Å². The van der Waals surface area contributed by atoms with E-state index in [0.29, 0.717) is 6.73 Å². The number of ether oxygens (including phenoxy) is 1. The first-order chi connectivity index (χ1) is 5.52. The van der Waals surface area contributed by atoms with Gasteiger partial charge in [0.2, 0.25) is 0 Å². The van der Waals surface area contributed by atoms with Crippen LogP contribution in [0, 0.1) is 0 Å². The van der Waals surface area contributed by atoms with E-state index in [2.05, 4.69) is 5.32 Å². The van der Waals surface area contributed by atoms with Gasteiger partial charge in [0, 0.05) is 13.6 Å². The number of hydrogen-bond donors (Lipinski definition) is 1. The van der Waals surface area contributed by atoms with Crippen LogP contribution in [0.5, 0.6) is 0 Å². The molecule has 0 aromatic rings. The van der Waals surface area contributed by atoms with E-state index in [1.54, 1.807) is 12.2 Å². The number of rotatable bonds is 6. The summed E-state index contributed by atoms with van der Waals surface area (Å²) in [5.74, 6) is 0. The molecular weight excluding hydrogens is 156 g/mol. The predicted molar refractivity (Wildman–Crippen MR) is 48.7 cm³/mol. The predicted octanol–water partition coefficient (Wildman–Crippen LogP) is 0.452. The van der Waals surface area contributed by atoms with E-state index in [1.165, 1.54) is 0 Å². The number of hydrogen-bond acceptors (Lipinski definition) is 4. The van der Waals surface area contributed by atoms with Gasteiger partial charge < -0.3 is 14.9 Å². The molecule has 0 saturated carbocycles. The molecule has 0 saturated heterocycles. The molecule has 0 aliphatic heterocycles. The Balaban J connectivity index is 3.59. The van der Waals surface area contributed by atoms with Crippen molar-refractivity contribution >= 4 is 0 Å². The average molecular weight is 176 g/mol. The minimum absolute atomic E-state index is 0.151. The van der Waals surface area contributed by atoms with Crippen molar-refractivity contribution in [1.29, 1.82) is 0 Å². The molecule has 0 aliphatic carbocycles. The Morgan fingerprint density at radius 3 is 2.42 bits per heavy atom. The van der Waals surface area contributed by atoms with E-state index < -0.39 is 0 Å². The highest BCUT2D eigenvalue weighted by atomic mass is 16.7. The van der Waals surface area contributed by atoms with Gasteiger partial charge in [-0.2, -0.15) is 5.06 Å². The van der Waals surface area contributed by atoms with Crippen LogP contribution in [0.4, 0.5) is 0 Å². The molecule has 0 atom stereocenters. The van der Waals surface area contributed by atoms with Gasteiger partial charge in [-0.25, -0.2) is 0 Å². The molecule has 0 aromatic heterocycles. The topological polar surface area (TPSA) is 33.7 Å². The SMILES string of the molecule is CNCC(C)(C)OCN(C)OC. The first kappa shape index (κ1) is 11.8. The highest BCUT2D eigenvalue weighted by molar-refractivity contribution is 4.69. The van der Waals surface area contributed by atoms with Crippen LogP contribution in [0.1, 0.15) is 13.8 Å². The number of hydroxylamine groups is 2. The molecule has 4 nitrogen and oxygen atoms in total. The van der Waals surface area contributed by atoms with Crippen molar-refractivity contribution in [2.45, 2.75) is 19.4 Å². The zero-order chi connectivity index (χ0) is 9.61. The van der Waals surface area contributed by atoms with Crippen LogP contribution in [0.15, 0.2) is 0 Å². The number of nitrogens with one attached hydrogen (secondary N) is 1. The van der Waals surface area contributed by atoms with Crippen molar-refractivity contribution in [3.8, 4) is 0 Å². The highest BCUT2D eigenvalue weighted by Gasteiger charge is 2.17. The first-order valence-corrected chi connectivity index (χ1v) is 4.05. The van der Waals surface area contributed by atoms with Crippen LogP contribution < -0.4 is 5.32 Å². The van der Waals surface area contributed by atoms with Crippen LogP contribution in [0.25, 0.3) is 0 Å². The van der Waals surface area contributed by atoms with Gasteiger partial charge in [0.05, 0.1) is 12.7 Å². The maximum absolute atomic E-state index is 5.56. The Morgan fingerprint density at radius 1 is 1.42 bits per heavy atom. The van der Waals surface area contributed by atoms with E-state index in [1.807, 2.05) is 27.9 Å². The van der Waals surface area contributed by atoms with Gasteiger partial charge in [0.15, 0.2) is 0 Å². The number of nitrogens with zero attached hydrogens (tertiary/aromatic N) is 1. The van der Waals surface area contributed by atoms with E-state index in [-0.39, 0.29) is 5.60 Å². The summed E-state index contributed by atoms with van der Waals surface area (Å²) in [7, 11) is 5.36. The maximum atomic E-state index is 5.56. The molecule has 4 heteroatoms. The molecule has 0 aromatic carbocycles. The molecule has 0 bridgehead atoms. The monoisotopic (exact) mass is 176 g/mol. The van der Waals surface area contributed by atoms with Gasteiger partial charge in [-0.05, 0) is 20.9 Å². The summed E-state index contributed by atoms with van der Waals surface area (Å²) in [6.45, 7) is 5.37. The lowest BCUT2D eigenvalue weighted by Crippen LogP contribution is -2.39. The lowest BCUT2D eigenvalue weighted by Gasteiger charge is -2.27. The van der Waals surface area contributed by atoms with Crippen LogP contribution in [-0.4, -0.2) is 45.1 Å². The first-order valence-electron chi connectivity index (χ1n) is 4.05. The van der Waals surface area contributed by atoms with E-state index >= 15 is 0 Å². The van der Waals surface area contributed by atoms with Crippen molar-refractivity contribution in [2.24, 2.45) is 0 Å². The summed E-state index contributed by atoms with van der Waals surface area (Å²) in [5, 5.41) is 4.70. The fraction of sp³-hybridized carbons (Fsp3) is 1.00. The summed E-state index contributed by atoms with van der Waals surface area (Å²) in [6.07, 6.45) is 0. The largest absolute Gasteiger partial charge is 0.357 e. The lowest BCUT2D eigenvalue weighted by atomic mass is 10.1. The summed E-state index contributed by atoms with van der Waals surface area (Å²) >= 11 is 0. The van der Waals surface area contributed by atoms with Crippen molar-refractivity contribution in [2.75, 3.05) is 34.5 Å². The smallest absolute Gasteiger partial charge is 0.122 e. The molecule has 0 fully saturated rings. The third-order valence-electron chi connectivity index (χ3n) is 1.55. The second-order valence-electron chi connectivity index (χ2n) is 3.37. The van der Waals surface area contributed by atoms with Gasteiger partial charge in [-0.3, -0.25) is 0 Å². The van der Waals surface area contributed by atoms with Crippen molar-refractivity contribution in [1.82, 2.24) is 10.4 Å². The molecule has 0 spiro atoms. The summed E-state index contributed by atoms with van der Waals surface area (Å²) in [5.41, 5.74) is -0.151. The van der Waals surface area contributed by atoms with E-state index in [4.69, 9.17) is 9.57 Å². The van der Waals surface area contributed by atoms with Crippen LogP contribution in [-0.2, 0) is 9.57 Å². The minimum atomic E-state index is -0.151. The number of likely N-dealkylation sites (N-methyl/N-ethyl adjacent to an activating group) is 1. The Kier molecular flexibility index (Phi) is 5.41. The van der Waals surface area contributed by atoms with Gasteiger partial charge in [0.25, 0.3) is 0 Å². The van der Waals surface area contributed by atoms with Crippen molar-refractivity contribution in [3.05, 3.63) is 0 Å². The molecule has 0 aliphatic rings. The van der Waals surface area contributed by atoms with Crippen LogP contribution in [0.2, 0.25) is 0 Å². The second-order valence-corrected chi connectivity index (χ2v) is 3.37. The van der Waals surface area contributed by atoms with Crippen LogP contribution in [0.3, 0.4) is 0 Å². The molecule has 0 heterocycles. The van der Waals surface area contributed by atoms with Crippen molar-refractivity contribution < 1.29 is 9.57 Å². The lowest BCUT2D eigenvalue weighted by molar-refractivity contribution is -0.197. The zero-order valence-electron chi connectivity index (χ0n) is 8.68. The second kappa shape index (κ2) is 5.48. The van der Waals surface area contributed by atoms with Crippen molar-refractivity contribution in [3.63, 3.8) is 0 Å². The van der Waals surface area contributed by atoms with Gasteiger partial charge >= 0.3 is 0 Å². The fourth-order valence-corrected chi connectivity index (χ4v) is 0.795. The van der Waals surface area contributed by atoms with E-state index in [9.17, 15) is 0 Å². The standard InChI is InChI=1S/C8H20N2O2/c1-8(2,6-9-3)12-7-10(4)11-5/h9H,6-7H2,1-5H3. The molecule has 12 heavy (non-hydrogen) atoms. The van der Waals surface area contributed by atoms with Crippen LogP contribution >= 0.6 is 0 Å². The average Bonchev–Trinajstić information content (AvgIpc) is 2.00. The van der Waals surface area contributed by atoms with Gasteiger partial charge in [-0.15, -0.1) is 0 Å². The highest BCUT2D eigenvalue weighted by Crippen LogP contribution is 2.07.